The van der Waals surface area contributed by atoms with E-state index in [0.717, 1.165) is 49.5 Å². The number of hydrogen-bond acceptors (Lipinski definition) is 7. The van der Waals surface area contributed by atoms with Crippen LogP contribution in [0.5, 0.6) is 0 Å². The van der Waals surface area contributed by atoms with Gasteiger partial charge in [0.1, 0.15) is 22.8 Å². The molecule has 0 bridgehead atoms. The molecule has 0 spiro atoms. The Morgan fingerprint density at radius 2 is 2.12 bits per heavy atom. The zero-order valence-corrected chi connectivity index (χ0v) is 19.5. The summed E-state index contributed by atoms with van der Waals surface area (Å²) in [6.07, 6.45) is 2.94. The molecule has 4 heterocycles. The fourth-order valence-electron chi connectivity index (χ4n) is 4.04. The zero-order valence-electron chi connectivity index (χ0n) is 18.7. The molecule has 0 aliphatic carbocycles. The number of carbonyl (C=O) groups excluding carboxylic acids is 1. The molecule has 2 N–H and O–H groups in total. The Bertz CT molecular complexity index is 1380. The van der Waals surface area contributed by atoms with Crippen LogP contribution in [0.1, 0.15) is 37.6 Å². The highest BCUT2D eigenvalue weighted by Crippen LogP contribution is 2.38. The van der Waals surface area contributed by atoms with E-state index in [4.69, 9.17) is 9.72 Å². The number of nitrogens with one attached hydrogen (secondary N) is 2. The van der Waals surface area contributed by atoms with Crippen LogP contribution in [0.25, 0.3) is 20.4 Å². The summed E-state index contributed by atoms with van der Waals surface area (Å²) < 4.78 is 21.1. The third-order valence-electron chi connectivity index (χ3n) is 5.68. The fraction of sp³-hybridized carbons (Fsp3) is 0.333. The Kier molecular flexibility index (Phi) is 5.46. The summed E-state index contributed by atoms with van der Waals surface area (Å²) in [5, 5.41) is 6.85. The number of amides is 1. The van der Waals surface area contributed by atoms with Crippen LogP contribution in [0.3, 0.4) is 0 Å². The quantitative estimate of drug-likeness (QED) is 0.438. The highest BCUT2D eigenvalue weighted by molar-refractivity contribution is 7.25. The van der Waals surface area contributed by atoms with Crippen molar-refractivity contribution in [1.82, 2.24) is 15.0 Å². The van der Waals surface area contributed by atoms with E-state index in [1.807, 2.05) is 6.07 Å². The lowest BCUT2D eigenvalue weighted by molar-refractivity contribution is -0.114. The van der Waals surface area contributed by atoms with Gasteiger partial charge in [0.05, 0.1) is 33.8 Å². The first-order chi connectivity index (χ1) is 15.8. The van der Waals surface area contributed by atoms with Crippen LogP contribution in [-0.4, -0.2) is 33.0 Å². The highest BCUT2D eigenvalue weighted by atomic mass is 32.1. The third-order valence-corrected chi connectivity index (χ3v) is 6.77. The molecule has 1 aliphatic heterocycles. The number of aromatic nitrogens is 3. The molecule has 170 valence electrons. The molecule has 0 unspecified atom stereocenters. The number of nitrogens with zero attached hydrogens (tertiary/aromatic N) is 3. The van der Waals surface area contributed by atoms with Crippen molar-refractivity contribution in [3.05, 3.63) is 53.2 Å². The summed E-state index contributed by atoms with van der Waals surface area (Å²) in [5.41, 5.74) is 3.87. The number of pyridine rings is 1. The van der Waals surface area contributed by atoms with Crippen molar-refractivity contribution >= 4 is 49.2 Å². The fourth-order valence-corrected chi connectivity index (χ4v) is 5.14. The van der Waals surface area contributed by atoms with Gasteiger partial charge in [-0.2, -0.15) is 0 Å². The SMILES string of the molecule is CC(=O)Nc1ccc(CCNc2ncnc3c2sc2nc4c(cc23)COC(C)(C)C4)cc1F. The van der Waals surface area contributed by atoms with Crippen molar-refractivity contribution in [2.24, 2.45) is 0 Å². The summed E-state index contributed by atoms with van der Waals surface area (Å²) in [4.78, 5) is 26.0. The topological polar surface area (TPSA) is 89.0 Å². The van der Waals surface area contributed by atoms with Gasteiger partial charge < -0.3 is 15.4 Å². The molecule has 0 radical (unpaired) electrons. The van der Waals surface area contributed by atoms with Gasteiger partial charge in [-0.3, -0.25) is 4.79 Å². The van der Waals surface area contributed by atoms with Crippen molar-refractivity contribution in [3.8, 4) is 0 Å². The number of benzene rings is 1. The third kappa shape index (κ3) is 4.38. The van der Waals surface area contributed by atoms with Gasteiger partial charge in [0, 0.05) is 30.8 Å². The lowest BCUT2D eigenvalue weighted by Crippen LogP contribution is -2.32. The highest BCUT2D eigenvalue weighted by Gasteiger charge is 2.28. The van der Waals surface area contributed by atoms with E-state index in [-0.39, 0.29) is 17.2 Å². The molecule has 9 heteroatoms. The Labute approximate surface area is 194 Å². The first kappa shape index (κ1) is 21.7. The average molecular weight is 466 g/mol. The number of ether oxygens (including phenoxy) is 1. The summed E-state index contributed by atoms with van der Waals surface area (Å²) in [6, 6.07) is 6.98. The van der Waals surface area contributed by atoms with E-state index in [2.05, 4.69) is 40.5 Å². The van der Waals surface area contributed by atoms with E-state index in [1.165, 1.54) is 13.0 Å². The molecule has 3 aromatic heterocycles. The van der Waals surface area contributed by atoms with Gasteiger partial charge in [-0.15, -0.1) is 11.3 Å². The first-order valence-electron chi connectivity index (χ1n) is 10.8. The minimum Gasteiger partial charge on any atom is -0.370 e. The minimum absolute atomic E-state index is 0.186. The van der Waals surface area contributed by atoms with Crippen LogP contribution in [0.2, 0.25) is 0 Å². The number of hydrogen-bond donors (Lipinski definition) is 2. The maximum atomic E-state index is 14.2. The maximum Gasteiger partial charge on any atom is 0.221 e. The van der Waals surface area contributed by atoms with Crippen LogP contribution in [0.4, 0.5) is 15.9 Å². The molecule has 4 aromatic rings. The van der Waals surface area contributed by atoms with Gasteiger partial charge in [0.15, 0.2) is 0 Å². The Morgan fingerprint density at radius 1 is 1.27 bits per heavy atom. The van der Waals surface area contributed by atoms with Crippen LogP contribution < -0.4 is 10.6 Å². The monoisotopic (exact) mass is 465 g/mol. The van der Waals surface area contributed by atoms with E-state index >= 15 is 0 Å². The molecule has 1 aromatic carbocycles. The Balaban J connectivity index is 1.37. The number of thiophene rings is 1. The molecule has 1 aliphatic rings. The summed E-state index contributed by atoms with van der Waals surface area (Å²) in [7, 11) is 0. The van der Waals surface area contributed by atoms with E-state index in [0.29, 0.717) is 19.6 Å². The molecular formula is C24H24FN5O2S. The molecule has 33 heavy (non-hydrogen) atoms. The van der Waals surface area contributed by atoms with E-state index in [1.54, 1.807) is 23.7 Å². The molecule has 7 nitrogen and oxygen atoms in total. The summed E-state index contributed by atoms with van der Waals surface area (Å²) in [6.45, 7) is 6.65. The number of anilines is 2. The molecular weight excluding hydrogens is 441 g/mol. The summed E-state index contributed by atoms with van der Waals surface area (Å²) >= 11 is 1.58. The Morgan fingerprint density at radius 3 is 2.91 bits per heavy atom. The number of halogens is 1. The number of fused-ring (bicyclic) bond motifs is 4. The molecule has 0 atom stereocenters. The second-order valence-electron chi connectivity index (χ2n) is 8.85. The standard InChI is InChI=1S/C24H24FN5O2S/c1-13(31)29-18-5-4-14(8-17(18)25)6-7-26-22-21-20(27-12-28-22)16-9-15-11-32-24(2,3)10-19(15)30-23(16)33-21/h4-5,8-9,12H,6-7,10-11H2,1-3H3,(H,29,31)(H,26,27,28). The number of carbonyl (C=O) groups is 1. The van der Waals surface area contributed by atoms with Gasteiger partial charge in [0.25, 0.3) is 0 Å². The van der Waals surface area contributed by atoms with Gasteiger partial charge in [-0.25, -0.2) is 19.3 Å². The second kappa shape index (κ2) is 8.31. The lowest BCUT2D eigenvalue weighted by atomic mass is 9.95. The van der Waals surface area contributed by atoms with E-state index in [9.17, 15) is 9.18 Å². The molecule has 0 saturated carbocycles. The molecule has 5 rings (SSSR count). The van der Waals surface area contributed by atoms with Crippen LogP contribution in [-0.2, 0) is 29.0 Å². The first-order valence-corrected chi connectivity index (χ1v) is 11.6. The van der Waals surface area contributed by atoms with Crippen molar-refractivity contribution < 1.29 is 13.9 Å². The van der Waals surface area contributed by atoms with Gasteiger partial charge >= 0.3 is 0 Å². The largest absolute Gasteiger partial charge is 0.370 e. The van der Waals surface area contributed by atoms with Crippen molar-refractivity contribution in [1.29, 1.82) is 0 Å². The average Bonchev–Trinajstić information content (AvgIpc) is 3.11. The smallest absolute Gasteiger partial charge is 0.221 e. The van der Waals surface area contributed by atoms with Crippen molar-refractivity contribution in [3.63, 3.8) is 0 Å². The van der Waals surface area contributed by atoms with Crippen molar-refractivity contribution in [2.75, 3.05) is 17.2 Å². The zero-order chi connectivity index (χ0) is 23.2. The normalized spacial score (nSPS) is 14.9. The van der Waals surface area contributed by atoms with Gasteiger partial charge in [0.2, 0.25) is 5.91 Å². The molecule has 0 fully saturated rings. The predicted octanol–water partition coefficient (Wildman–Crippen LogP) is 4.84. The van der Waals surface area contributed by atoms with Crippen LogP contribution in [0.15, 0.2) is 30.6 Å². The van der Waals surface area contributed by atoms with Crippen molar-refractivity contribution in [2.45, 2.75) is 45.8 Å². The van der Waals surface area contributed by atoms with Crippen LogP contribution in [0, 0.1) is 5.82 Å². The van der Waals surface area contributed by atoms with Gasteiger partial charge in [-0.05, 0) is 44.0 Å². The van der Waals surface area contributed by atoms with Crippen LogP contribution >= 0.6 is 11.3 Å². The lowest BCUT2D eigenvalue weighted by Gasteiger charge is -2.30. The molecule has 1 amide bonds. The van der Waals surface area contributed by atoms with E-state index < -0.39 is 5.82 Å². The number of rotatable bonds is 5. The Hall–Kier alpha value is -3.17. The molecule has 0 saturated heterocycles. The summed E-state index contributed by atoms with van der Waals surface area (Å²) in [5.74, 6) is -0.00210. The minimum atomic E-state index is -0.446. The maximum absolute atomic E-state index is 14.2. The second-order valence-corrected chi connectivity index (χ2v) is 9.85. The van der Waals surface area contributed by atoms with Gasteiger partial charge in [-0.1, -0.05) is 6.07 Å². The predicted molar refractivity (Wildman–Crippen MR) is 128 cm³/mol.